The van der Waals surface area contributed by atoms with Gasteiger partial charge in [0.15, 0.2) is 0 Å². The van der Waals surface area contributed by atoms with Crippen molar-refractivity contribution in [2.75, 3.05) is 25.0 Å². The van der Waals surface area contributed by atoms with E-state index in [0.29, 0.717) is 40.7 Å². The number of benzene rings is 1. The van der Waals surface area contributed by atoms with Crippen molar-refractivity contribution in [2.24, 2.45) is 5.92 Å². The van der Waals surface area contributed by atoms with E-state index in [4.69, 9.17) is 0 Å². The van der Waals surface area contributed by atoms with E-state index in [9.17, 15) is 18.5 Å². The normalized spacial score (nSPS) is 17.6. The summed E-state index contributed by atoms with van der Waals surface area (Å²) in [5.74, 6) is -0.403. The molecule has 0 radical (unpaired) electrons. The summed E-state index contributed by atoms with van der Waals surface area (Å²) in [5, 5.41) is 15.2. The summed E-state index contributed by atoms with van der Waals surface area (Å²) < 4.78 is 27.3. The maximum Gasteiger partial charge on any atom is 0.252 e. The second-order valence-electron chi connectivity index (χ2n) is 8.87. The summed E-state index contributed by atoms with van der Waals surface area (Å²) in [6.45, 7) is 3.13. The summed E-state index contributed by atoms with van der Waals surface area (Å²) in [5.41, 5.74) is 2.89. The lowest BCUT2D eigenvalue weighted by atomic mass is 9.97. The number of carbonyl (C=O) groups excluding carboxylic acids is 1. The molecule has 7 nitrogen and oxygen atoms in total. The number of nitrogens with zero attached hydrogens (tertiary/aromatic N) is 3. The second kappa shape index (κ2) is 10.2. The topological polar surface area (TPSA) is 93.5 Å². The van der Waals surface area contributed by atoms with Gasteiger partial charge in [0.05, 0.1) is 5.56 Å². The lowest BCUT2D eigenvalue weighted by Crippen LogP contribution is -2.41. The summed E-state index contributed by atoms with van der Waals surface area (Å²) in [7, 11) is -3.49. The monoisotopic (exact) mass is 526 g/mol. The van der Waals surface area contributed by atoms with Crippen molar-refractivity contribution in [2.45, 2.75) is 36.6 Å². The van der Waals surface area contributed by atoms with Crippen LogP contribution in [0.1, 0.15) is 34.4 Å². The molecule has 4 heterocycles. The summed E-state index contributed by atoms with van der Waals surface area (Å²) in [6.07, 6.45) is 1.72. The van der Waals surface area contributed by atoms with Crippen LogP contribution >= 0.6 is 22.7 Å². The Kier molecular flexibility index (Phi) is 7.05. The van der Waals surface area contributed by atoms with Crippen LogP contribution in [-0.2, 0) is 34.3 Å². The average molecular weight is 527 g/mol. The van der Waals surface area contributed by atoms with E-state index in [1.54, 1.807) is 17.5 Å². The average Bonchev–Trinajstić information content (AvgIpc) is 3.53. The predicted octanol–water partition coefficient (Wildman–Crippen LogP) is 4.28. The number of hydrogen-bond acceptors (Lipinski definition) is 7. The molecule has 0 spiro atoms. The first-order valence-corrected chi connectivity index (χ1v) is 14.7. The molecular formula is C25H26N4O3S3. The van der Waals surface area contributed by atoms with Crippen molar-refractivity contribution in [1.82, 2.24) is 9.21 Å². The lowest BCUT2D eigenvalue weighted by Gasteiger charge is -2.30. The Bertz CT molecular complexity index is 1340. The number of sulfonamides is 1. The molecule has 2 aliphatic heterocycles. The number of carbonyl (C=O) groups is 1. The Labute approximate surface area is 213 Å². The van der Waals surface area contributed by atoms with Gasteiger partial charge in [-0.2, -0.15) is 9.57 Å². The van der Waals surface area contributed by atoms with Crippen LogP contribution in [0.5, 0.6) is 0 Å². The van der Waals surface area contributed by atoms with Crippen LogP contribution in [0.15, 0.2) is 52.1 Å². The summed E-state index contributed by atoms with van der Waals surface area (Å²) in [4.78, 5) is 16.5. The van der Waals surface area contributed by atoms with Gasteiger partial charge in [0.1, 0.15) is 15.3 Å². The van der Waals surface area contributed by atoms with E-state index < -0.39 is 10.0 Å². The van der Waals surface area contributed by atoms with Crippen molar-refractivity contribution >= 4 is 43.6 Å². The van der Waals surface area contributed by atoms with E-state index in [0.717, 1.165) is 36.5 Å². The molecule has 1 amide bonds. The Morgan fingerprint density at radius 2 is 1.89 bits per heavy atom. The number of fused-ring (bicyclic) bond motifs is 1. The van der Waals surface area contributed by atoms with E-state index in [1.165, 1.54) is 32.5 Å². The van der Waals surface area contributed by atoms with Crippen molar-refractivity contribution in [3.05, 3.63) is 69.4 Å². The zero-order valence-electron chi connectivity index (χ0n) is 19.1. The van der Waals surface area contributed by atoms with Gasteiger partial charge in [0.2, 0.25) is 5.91 Å². The van der Waals surface area contributed by atoms with E-state index in [1.807, 2.05) is 18.2 Å². The lowest BCUT2D eigenvalue weighted by molar-refractivity contribution is -0.120. The fourth-order valence-corrected chi connectivity index (χ4v) is 8.61. The molecule has 0 unspecified atom stereocenters. The van der Waals surface area contributed by atoms with E-state index in [-0.39, 0.29) is 11.8 Å². The van der Waals surface area contributed by atoms with Crippen LogP contribution in [0.2, 0.25) is 0 Å². The highest BCUT2D eigenvalue weighted by Crippen LogP contribution is 2.37. The van der Waals surface area contributed by atoms with Gasteiger partial charge in [0.25, 0.3) is 10.0 Å². The predicted molar refractivity (Wildman–Crippen MR) is 138 cm³/mol. The molecule has 0 saturated carbocycles. The molecule has 5 rings (SSSR count). The number of hydrogen-bond donors (Lipinski definition) is 1. The minimum absolute atomic E-state index is 0.130. The maximum absolute atomic E-state index is 13.0. The third-order valence-corrected chi connectivity index (χ3v) is 11.1. The SMILES string of the molecule is N#Cc1c(NC(=O)C2CCN(S(=O)(=O)c3cccs3)CC2)sc2c1CCN(Cc1ccccc1)C2. The molecule has 2 aromatic heterocycles. The quantitative estimate of drug-likeness (QED) is 0.518. The molecule has 2 aliphatic rings. The summed E-state index contributed by atoms with van der Waals surface area (Å²) in [6, 6.07) is 16.0. The molecule has 0 aliphatic carbocycles. The highest BCUT2D eigenvalue weighted by Gasteiger charge is 2.33. The minimum Gasteiger partial charge on any atom is -0.316 e. The first-order valence-electron chi connectivity index (χ1n) is 11.6. The van der Waals surface area contributed by atoms with Crippen molar-refractivity contribution in [1.29, 1.82) is 5.26 Å². The number of nitriles is 1. The Balaban J connectivity index is 1.22. The highest BCUT2D eigenvalue weighted by atomic mass is 32.2. The number of piperidine rings is 1. The van der Waals surface area contributed by atoms with Crippen molar-refractivity contribution in [3.63, 3.8) is 0 Å². The van der Waals surface area contributed by atoms with Gasteiger partial charge in [-0.3, -0.25) is 9.69 Å². The number of rotatable bonds is 6. The van der Waals surface area contributed by atoms with Gasteiger partial charge in [-0.25, -0.2) is 8.42 Å². The number of amides is 1. The van der Waals surface area contributed by atoms with Gasteiger partial charge >= 0.3 is 0 Å². The number of thiophene rings is 2. The molecule has 1 fully saturated rings. The Morgan fingerprint density at radius 1 is 1.11 bits per heavy atom. The zero-order chi connectivity index (χ0) is 24.4. The van der Waals surface area contributed by atoms with Crippen LogP contribution < -0.4 is 5.32 Å². The molecule has 1 saturated heterocycles. The minimum atomic E-state index is -3.49. The van der Waals surface area contributed by atoms with Gasteiger partial charge in [0, 0.05) is 43.5 Å². The van der Waals surface area contributed by atoms with Crippen LogP contribution in [0.25, 0.3) is 0 Å². The van der Waals surface area contributed by atoms with Crippen LogP contribution in [-0.4, -0.2) is 43.2 Å². The smallest absolute Gasteiger partial charge is 0.252 e. The van der Waals surface area contributed by atoms with Crippen LogP contribution in [0, 0.1) is 17.2 Å². The number of anilines is 1. The molecule has 35 heavy (non-hydrogen) atoms. The van der Waals surface area contributed by atoms with E-state index in [2.05, 4.69) is 28.4 Å². The van der Waals surface area contributed by atoms with Gasteiger partial charge in [-0.1, -0.05) is 36.4 Å². The molecule has 182 valence electrons. The van der Waals surface area contributed by atoms with Crippen molar-refractivity contribution in [3.8, 4) is 6.07 Å². The Hall–Kier alpha value is -2.55. The summed E-state index contributed by atoms with van der Waals surface area (Å²) >= 11 is 2.70. The molecule has 0 atom stereocenters. The van der Waals surface area contributed by atoms with Gasteiger partial charge in [-0.05, 0) is 41.8 Å². The largest absolute Gasteiger partial charge is 0.316 e. The number of nitrogens with one attached hydrogen (secondary N) is 1. The maximum atomic E-state index is 13.0. The first kappa shape index (κ1) is 24.2. The molecule has 0 bridgehead atoms. The fourth-order valence-electron chi connectivity index (χ4n) is 4.75. The van der Waals surface area contributed by atoms with Gasteiger partial charge < -0.3 is 5.32 Å². The second-order valence-corrected chi connectivity index (χ2v) is 13.1. The van der Waals surface area contributed by atoms with Crippen LogP contribution in [0.4, 0.5) is 5.00 Å². The molecule has 1 aromatic carbocycles. The molecule has 10 heteroatoms. The first-order chi connectivity index (χ1) is 17.0. The highest BCUT2D eigenvalue weighted by molar-refractivity contribution is 7.91. The van der Waals surface area contributed by atoms with Crippen molar-refractivity contribution < 1.29 is 13.2 Å². The fraction of sp³-hybridized carbons (Fsp3) is 0.360. The standard InChI is InChI=1S/C25H26N4O3S3/c26-15-21-20-10-11-28(16-18-5-2-1-3-6-18)17-22(20)34-25(21)27-24(30)19-8-12-29(13-9-19)35(31,32)23-7-4-14-33-23/h1-7,14,19H,8-13,16-17H2,(H,27,30). The van der Waals surface area contributed by atoms with Crippen LogP contribution in [0.3, 0.4) is 0 Å². The third-order valence-electron chi connectivity index (χ3n) is 6.65. The molecule has 3 aromatic rings. The Morgan fingerprint density at radius 3 is 2.57 bits per heavy atom. The van der Waals surface area contributed by atoms with Gasteiger partial charge in [-0.15, -0.1) is 22.7 Å². The molecule has 1 N–H and O–H groups in total. The zero-order valence-corrected chi connectivity index (χ0v) is 21.6. The third kappa shape index (κ3) is 5.06. The molecular weight excluding hydrogens is 501 g/mol. The van der Waals surface area contributed by atoms with E-state index >= 15 is 0 Å².